The molecule has 0 heterocycles. The zero-order chi connectivity index (χ0) is 24.2. The molecule has 0 spiro atoms. The summed E-state index contributed by atoms with van der Waals surface area (Å²) in [6.07, 6.45) is 39.6. The first-order valence-electron chi connectivity index (χ1n) is 16.2. The molecule has 0 aliphatic rings. The van der Waals surface area contributed by atoms with Crippen molar-refractivity contribution in [3.05, 3.63) is 0 Å². The van der Waals surface area contributed by atoms with E-state index >= 15 is 0 Å². The van der Waals surface area contributed by atoms with Crippen molar-refractivity contribution in [2.75, 3.05) is 0 Å². The molecule has 0 aromatic rings. The van der Waals surface area contributed by atoms with Crippen molar-refractivity contribution >= 4 is 0 Å². The Labute approximate surface area is 212 Å². The molecular formula is C33H68. The van der Waals surface area contributed by atoms with Crippen LogP contribution < -0.4 is 0 Å². The van der Waals surface area contributed by atoms with Gasteiger partial charge in [-0.3, -0.25) is 0 Å². The third-order valence-corrected chi connectivity index (χ3v) is 7.99. The lowest BCUT2D eigenvalue weighted by Gasteiger charge is -2.14. The van der Waals surface area contributed by atoms with Crippen LogP contribution in [0.2, 0.25) is 0 Å². The van der Waals surface area contributed by atoms with Crippen LogP contribution in [0.4, 0.5) is 0 Å². The van der Waals surface area contributed by atoms with E-state index < -0.39 is 0 Å². The minimum absolute atomic E-state index is 0.956. The van der Waals surface area contributed by atoms with Gasteiger partial charge in [0.05, 0.1) is 0 Å². The zero-order valence-electron chi connectivity index (χ0n) is 24.2. The van der Waals surface area contributed by atoms with Crippen LogP contribution in [0.5, 0.6) is 0 Å². The molecule has 0 saturated carbocycles. The summed E-state index contributed by atoms with van der Waals surface area (Å²) in [6.45, 7) is 9.62. The highest BCUT2D eigenvalue weighted by Crippen LogP contribution is 2.22. The highest BCUT2D eigenvalue weighted by molar-refractivity contribution is 4.59. The Morgan fingerprint density at radius 2 is 0.485 bits per heavy atom. The molecule has 0 amide bonds. The van der Waals surface area contributed by atoms with Crippen molar-refractivity contribution in [2.45, 2.75) is 201 Å². The van der Waals surface area contributed by atoms with Crippen molar-refractivity contribution in [2.24, 2.45) is 11.8 Å². The highest BCUT2D eigenvalue weighted by atomic mass is 14.1. The van der Waals surface area contributed by atoms with E-state index in [-0.39, 0.29) is 0 Å². The van der Waals surface area contributed by atoms with Crippen molar-refractivity contribution in [3.63, 3.8) is 0 Å². The largest absolute Gasteiger partial charge is 0.0654 e. The summed E-state index contributed by atoms with van der Waals surface area (Å²) >= 11 is 0. The molecule has 0 aromatic carbocycles. The summed E-state index contributed by atoms with van der Waals surface area (Å²) in [6, 6.07) is 0. The molecule has 0 rings (SSSR count). The molecule has 2 atom stereocenters. The summed E-state index contributed by atoms with van der Waals surface area (Å²) in [5, 5.41) is 0. The second-order valence-corrected chi connectivity index (χ2v) is 11.8. The SMILES string of the molecule is CCCCCCCCCCCCCCC(C)CCCC(C)CCCCCCCCCCCC. The standard InChI is InChI=1S/C33H68/c1-5-7-9-11-13-15-17-18-20-22-24-26-29-33(4)31-27-30-32(3)28-25-23-21-19-16-14-12-10-8-6-2/h32-33H,5-31H2,1-4H3. The van der Waals surface area contributed by atoms with Gasteiger partial charge in [-0.1, -0.05) is 201 Å². The predicted octanol–water partition coefficient (Wildman–Crippen LogP) is 12.8. The van der Waals surface area contributed by atoms with Gasteiger partial charge in [-0.15, -0.1) is 0 Å². The molecular weight excluding hydrogens is 396 g/mol. The minimum atomic E-state index is 0.956. The van der Waals surface area contributed by atoms with Crippen molar-refractivity contribution in [1.82, 2.24) is 0 Å². The molecule has 0 N–H and O–H groups in total. The molecule has 0 saturated heterocycles. The highest BCUT2D eigenvalue weighted by Gasteiger charge is 2.06. The van der Waals surface area contributed by atoms with Crippen LogP contribution in [-0.4, -0.2) is 0 Å². The number of hydrogen-bond acceptors (Lipinski definition) is 0. The number of hydrogen-bond donors (Lipinski definition) is 0. The molecule has 0 aliphatic heterocycles. The third-order valence-electron chi connectivity index (χ3n) is 7.99. The van der Waals surface area contributed by atoms with Crippen molar-refractivity contribution in [3.8, 4) is 0 Å². The quantitative estimate of drug-likeness (QED) is 0.101. The summed E-state index contributed by atoms with van der Waals surface area (Å²) in [5.74, 6) is 1.91. The lowest BCUT2D eigenvalue weighted by molar-refractivity contribution is 0.390. The average Bonchev–Trinajstić information content (AvgIpc) is 2.81. The van der Waals surface area contributed by atoms with Crippen LogP contribution >= 0.6 is 0 Å². The summed E-state index contributed by atoms with van der Waals surface area (Å²) in [7, 11) is 0. The second-order valence-electron chi connectivity index (χ2n) is 11.8. The number of unbranched alkanes of at least 4 members (excludes halogenated alkanes) is 20. The Morgan fingerprint density at radius 1 is 0.273 bits per heavy atom. The maximum absolute atomic E-state index is 2.51. The van der Waals surface area contributed by atoms with Crippen LogP contribution in [-0.2, 0) is 0 Å². The monoisotopic (exact) mass is 465 g/mol. The van der Waals surface area contributed by atoms with Gasteiger partial charge in [-0.2, -0.15) is 0 Å². The van der Waals surface area contributed by atoms with Crippen LogP contribution in [0.15, 0.2) is 0 Å². The van der Waals surface area contributed by atoms with Gasteiger partial charge in [0.1, 0.15) is 0 Å². The lowest BCUT2D eigenvalue weighted by Crippen LogP contribution is -1.99. The van der Waals surface area contributed by atoms with Crippen LogP contribution in [0, 0.1) is 11.8 Å². The molecule has 0 radical (unpaired) electrons. The van der Waals surface area contributed by atoms with Gasteiger partial charge in [-0.05, 0) is 11.8 Å². The maximum atomic E-state index is 2.51. The first-order chi connectivity index (χ1) is 16.2. The van der Waals surface area contributed by atoms with E-state index in [9.17, 15) is 0 Å². The van der Waals surface area contributed by atoms with Gasteiger partial charge < -0.3 is 0 Å². The fourth-order valence-electron chi connectivity index (χ4n) is 5.42. The zero-order valence-corrected chi connectivity index (χ0v) is 24.2. The lowest BCUT2D eigenvalue weighted by atomic mass is 9.92. The molecule has 0 heteroatoms. The Balaban J connectivity index is 3.27. The summed E-state index contributed by atoms with van der Waals surface area (Å²) in [5.41, 5.74) is 0. The Kier molecular flexibility index (Phi) is 28.2. The summed E-state index contributed by atoms with van der Waals surface area (Å²) < 4.78 is 0. The smallest absolute Gasteiger partial charge is 0.0443 e. The normalized spacial score (nSPS) is 13.5. The van der Waals surface area contributed by atoms with E-state index in [4.69, 9.17) is 0 Å². The Bertz CT molecular complexity index is 333. The van der Waals surface area contributed by atoms with E-state index in [2.05, 4.69) is 27.7 Å². The Hall–Kier alpha value is 0. The molecule has 2 unspecified atom stereocenters. The van der Waals surface area contributed by atoms with E-state index in [1.54, 1.807) is 0 Å². The third kappa shape index (κ3) is 28.1. The minimum Gasteiger partial charge on any atom is -0.0654 e. The molecule has 0 nitrogen and oxygen atoms in total. The van der Waals surface area contributed by atoms with E-state index in [0.717, 1.165) is 11.8 Å². The van der Waals surface area contributed by atoms with Crippen LogP contribution in [0.3, 0.4) is 0 Å². The fraction of sp³-hybridized carbons (Fsp3) is 1.00. The average molecular weight is 465 g/mol. The van der Waals surface area contributed by atoms with Crippen molar-refractivity contribution < 1.29 is 0 Å². The molecule has 33 heavy (non-hydrogen) atoms. The second kappa shape index (κ2) is 28.2. The van der Waals surface area contributed by atoms with E-state index in [1.807, 2.05) is 0 Å². The van der Waals surface area contributed by atoms with Gasteiger partial charge >= 0.3 is 0 Å². The predicted molar refractivity (Wildman–Crippen MR) is 154 cm³/mol. The van der Waals surface area contributed by atoms with Gasteiger partial charge in [0, 0.05) is 0 Å². The van der Waals surface area contributed by atoms with E-state index in [0.29, 0.717) is 0 Å². The number of rotatable bonds is 28. The van der Waals surface area contributed by atoms with Gasteiger partial charge in [0.25, 0.3) is 0 Å². The Morgan fingerprint density at radius 3 is 0.758 bits per heavy atom. The van der Waals surface area contributed by atoms with Crippen LogP contribution in [0.1, 0.15) is 201 Å². The molecule has 0 bridgehead atoms. The molecule has 0 aromatic heterocycles. The van der Waals surface area contributed by atoms with E-state index in [1.165, 1.54) is 173 Å². The topological polar surface area (TPSA) is 0 Å². The summed E-state index contributed by atoms with van der Waals surface area (Å²) in [4.78, 5) is 0. The molecule has 0 aliphatic carbocycles. The maximum Gasteiger partial charge on any atom is -0.0443 e. The first-order valence-corrected chi connectivity index (χ1v) is 16.2. The van der Waals surface area contributed by atoms with Crippen molar-refractivity contribution in [1.29, 1.82) is 0 Å². The molecule has 0 fully saturated rings. The van der Waals surface area contributed by atoms with Gasteiger partial charge in [0.2, 0.25) is 0 Å². The first kappa shape index (κ1) is 33.0. The molecule has 200 valence electrons. The van der Waals surface area contributed by atoms with Gasteiger partial charge in [-0.25, -0.2) is 0 Å². The fourth-order valence-corrected chi connectivity index (χ4v) is 5.42. The van der Waals surface area contributed by atoms with Crippen LogP contribution in [0.25, 0.3) is 0 Å². The van der Waals surface area contributed by atoms with Gasteiger partial charge in [0.15, 0.2) is 0 Å².